The average molecular weight is 325 g/mol. The van der Waals surface area contributed by atoms with Crippen LogP contribution >= 0.6 is 0 Å². The molecule has 1 N–H and O–H groups in total. The molecule has 3 rings (SSSR count). The number of carbonyl (C=O) groups excluding carboxylic acids is 1. The summed E-state index contributed by atoms with van der Waals surface area (Å²) in [5, 5.41) is 14.3. The van der Waals surface area contributed by atoms with Gasteiger partial charge in [-0.2, -0.15) is 0 Å². The Morgan fingerprint density at radius 3 is 2.83 bits per heavy atom. The fraction of sp³-hybridized carbons (Fsp3) is 0.444. The summed E-state index contributed by atoms with van der Waals surface area (Å²) in [6.45, 7) is 0.665. The van der Waals surface area contributed by atoms with Crippen LogP contribution in [0.25, 0.3) is 0 Å². The van der Waals surface area contributed by atoms with Crippen molar-refractivity contribution in [3.63, 3.8) is 0 Å². The van der Waals surface area contributed by atoms with Gasteiger partial charge in [-0.15, -0.1) is 5.10 Å². The summed E-state index contributed by atoms with van der Waals surface area (Å²) in [5.41, 5.74) is 2.55. The van der Waals surface area contributed by atoms with Crippen LogP contribution in [0.1, 0.15) is 43.7 Å². The number of carbonyl (C=O) groups is 1. The fourth-order valence-corrected chi connectivity index (χ4v) is 3.05. The molecule has 1 aromatic heterocycles. The molecule has 2 aromatic rings. The Balaban J connectivity index is 1.60. The number of rotatable bonds is 7. The first-order chi connectivity index (χ1) is 11.8. The van der Waals surface area contributed by atoms with Gasteiger partial charge in [0.1, 0.15) is 12.4 Å². The molecule has 1 aliphatic carbocycles. The Bertz CT molecular complexity index is 666. The van der Waals surface area contributed by atoms with Crippen LogP contribution < -0.4 is 5.32 Å². The zero-order chi connectivity index (χ0) is 16.6. The third-order valence-corrected chi connectivity index (χ3v) is 4.39. The predicted octanol–water partition coefficient (Wildman–Crippen LogP) is 2.46. The Hall–Kier alpha value is -2.50. The fourth-order valence-electron chi connectivity index (χ4n) is 3.05. The third-order valence-electron chi connectivity index (χ3n) is 4.39. The zero-order valence-electron chi connectivity index (χ0n) is 13.8. The van der Waals surface area contributed by atoms with Crippen molar-refractivity contribution in [3.05, 3.63) is 53.9 Å². The number of aromatic nitrogens is 4. The lowest BCUT2D eigenvalue weighted by atomic mass is 9.97. The second-order valence-corrected chi connectivity index (χ2v) is 6.14. The van der Waals surface area contributed by atoms with Gasteiger partial charge >= 0.3 is 0 Å². The number of tetrazole rings is 1. The molecule has 0 radical (unpaired) electrons. The Kier molecular flexibility index (Phi) is 5.71. The topological polar surface area (TPSA) is 72.7 Å². The van der Waals surface area contributed by atoms with E-state index in [0.717, 1.165) is 18.4 Å². The summed E-state index contributed by atoms with van der Waals surface area (Å²) in [6.07, 6.45) is 10.2. The molecule has 0 saturated heterocycles. The molecular weight excluding hydrogens is 302 g/mol. The van der Waals surface area contributed by atoms with Gasteiger partial charge in [0.15, 0.2) is 0 Å². The van der Waals surface area contributed by atoms with Crippen LogP contribution in [0.5, 0.6) is 0 Å². The van der Waals surface area contributed by atoms with Crippen molar-refractivity contribution >= 4 is 5.91 Å². The molecule has 1 aromatic carbocycles. The highest BCUT2D eigenvalue weighted by Gasteiger charge is 2.22. The lowest BCUT2D eigenvalue weighted by Crippen LogP contribution is -2.35. The van der Waals surface area contributed by atoms with E-state index in [2.05, 4.69) is 26.9 Å². The minimum atomic E-state index is -0.428. The molecule has 1 unspecified atom stereocenters. The van der Waals surface area contributed by atoms with E-state index < -0.39 is 6.04 Å². The molecule has 1 atom stereocenters. The summed E-state index contributed by atoms with van der Waals surface area (Å²) in [5.74, 6) is -0.0393. The van der Waals surface area contributed by atoms with Gasteiger partial charge in [0.2, 0.25) is 5.91 Å². The van der Waals surface area contributed by atoms with E-state index in [0.29, 0.717) is 13.0 Å². The van der Waals surface area contributed by atoms with Crippen LogP contribution in [0.2, 0.25) is 0 Å². The van der Waals surface area contributed by atoms with E-state index in [1.807, 2.05) is 30.3 Å². The van der Waals surface area contributed by atoms with Crippen molar-refractivity contribution in [3.8, 4) is 0 Å². The van der Waals surface area contributed by atoms with E-state index in [-0.39, 0.29) is 5.91 Å². The summed E-state index contributed by atoms with van der Waals surface area (Å²) >= 11 is 0. The third kappa shape index (κ3) is 4.50. The maximum Gasteiger partial charge on any atom is 0.245 e. The SMILES string of the molecule is O=C(NCCC1=CCCCC1)C(Cc1ccccc1)n1cnnn1. The molecule has 6 heteroatoms. The van der Waals surface area contributed by atoms with Gasteiger partial charge in [-0.05, 0) is 48.1 Å². The maximum atomic E-state index is 12.6. The highest BCUT2D eigenvalue weighted by molar-refractivity contribution is 5.80. The smallest absolute Gasteiger partial charge is 0.245 e. The minimum Gasteiger partial charge on any atom is -0.354 e. The molecule has 0 fully saturated rings. The second kappa shape index (κ2) is 8.38. The number of hydrogen-bond acceptors (Lipinski definition) is 4. The Morgan fingerprint density at radius 1 is 1.25 bits per heavy atom. The van der Waals surface area contributed by atoms with Crippen molar-refractivity contribution in [1.82, 2.24) is 25.5 Å². The molecule has 1 amide bonds. The van der Waals surface area contributed by atoms with E-state index in [1.54, 1.807) is 0 Å². The highest BCUT2D eigenvalue weighted by Crippen LogP contribution is 2.19. The minimum absolute atomic E-state index is 0.0393. The van der Waals surface area contributed by atoms with E-state index in [4.69, 9.17) is 0 Å². The van der Waals surface area contributed by atoms with Crippen molar-refractivity contribution in [1.29, 1.82) is 0 Å². The van der Waals surface area contributed by atoms with Crippen LogP contribution in [0.3, 0.4) is 0 Å². The Morgan fingerprint density at radius 2 is 2.12 bits per heavy atom. The quantitative estimate of drug-likeness (QED) is 0.794. The van der Waals surface area contributed by atoms with E-state index >= 15 is 0 Å². The number of nitrogens with zero attached hydrogens (tertiary/aromatic N) is 4. The molecule has 0 saturated carbocycles. The zero-order valence-corrected chi connectivity index (χ0v) is 13.8. The van der Waals surface area contributed by atoms with Gasteiger partial charge in [0, 0.05) is 13.0 Å². The summed E-state index contributed by atoms with van der Waals surface area (Å²) in [7, 11) is 0. The van der Waals surface area contributed by atoms with Crippen LogP contribution in [0.15, 0.2) is 48.3 Å². The molecule has 0 bridgehead atoms. The molecule has 6 nitrogen and oxygen atoms in total. The van der Waals surface area contributed by atoms with Gasteiger partial charge < -0.3 is 5.32 Å². The first kappa shape index (κ1) is 16.4. The lowest BCUT2D eigenvalue weighted by Gasteiger charge is -2.17. The standard InChI is InChI=1S/C18H23N5O/c24-18(19-12-11-15-7-3-1-4-8-15)17(23-14-20-21-22-23)13-16-9-5-2-6-10-16/h2,5-7,9-10,14,17H,1,3-4,8,11-13H2,(H,19,24). The van der Waals surface area contributed by atoms with Gasteiger partial charge in [-0.25, -0.2) is 4.68 Å². The summed E-state index contributed by atoms with van der Waals surface area (Å²) in [6, 6.07) is 9.50. The van der Waals surface area contributed by atoms with E-state index in [1.165, 1.54) is 35.8 Å². The number of allylic oxidation sites excluding steroid dienone is 1. The lowest BCUT2D eigenvalue weighted by molar-refractivity contribution is -0.124. The second-order valence-electron chi connectivity index (χ2n) is 6.14. The molecule has 126 valence electrons. The van der Waals surface area contributed by atoms with Crippen molar-refractivity contribution in [2.24, 2.45) is 0 Å². The summed E-state index contributed by atoms with van der Waals surface area (Å²) < 4.78 is 1.53. The van der Waals surface area contributed by atoms with Crippen LogP contribution in [0, 0.1) is 0 Å². The van der Waals surface area contributed by atoms with Gasteiger partial charge in [0.05, 0.1) is 0 Å². The largest absolute Gasteiger partial charge is 0.354 e. The highest BCUT2D eigenvalue weighted by atomic mass is 16.2. The maximum absolute atomic E-state index is 12.6. The number of benzene rings is 1. The number of hydrogen-bond donors (Lipinski definition) is 1. The van der Waals surface area contributed by atoms with Crippen molar-refractivity contribution in [2.45, 2.75) is 44.6 Å². The first-order valence-electron chi connectivity index (χ1n) is 8.55. The molecule has 0 aliphatic heterocycles. The molecule has 24 heavy (non-hydrogen) atoms. The average Bonchev–Trinajstić information content (AvgIpc) is 3.16. The predicted molar refractivity (Wildman–Crippen MR) is 91.2 cm³/mol. The van der Waals surface area contributed by atoms with Gasteiger partial charge in [-0.1, -0.05) is 42.0 Å². The monoisotopic (exact) mass is 325 g/mol. The molecular formula is C18H23N5O. The van der Waals surface area contributed by atoms with Gasteiger partial charge in [-0.3, -0.25) is 4.79 Å². The van der Waals surface area contributed by atoms with Crippen LogP contribution in [0.4, 0.5) is 0 Å². The van der Waals surface area contributed by atoms with Crippen LogP contribution in [-0.2, 0) is 11.2 Å². The van der Waals surface area contributed by atoms with Crippen molar-refractivity contribution < 1.29 is 4.79 Å². The number of amides is 1. The molecule has 1 aliphatic rings. The molecule has 0 spiro atoms. The Labute approximate surface area is 142 Å². The summed E-state index contributed by atoms with van der Waals surface area (Å²) in [4.78, 5) is 12.6. The molecule has 1 heterocycles. The van der Waals surface area contributed by atoms with Crippen molar-refractivity contribution in [2.75, 3.05) is 6.54 Å². The van der Waals surface area contributed by atoms with Gasteiger partial charge in [0.25, 0.3) is 0 Å². The van der Waals surface area contributed by atoms with Crippen LogP contribution in [-0.4, -0.2) is 32.7 Å². The normalized spacial score (nSPS) is 15.6. The first-order valence-corrected chi connectivity index (χ1v) is 8.55. The number of nitrogens with one attached hydrogen (secondary N) is 1. The van der Waals surface area contributed by atoms with E-state index in [9.17, 15) is 4.79 Å².